The molecule has 0 saturated carbocycles. The predicted molar refractivity (Wildman–Crippen MR) is 176 cm³/mol. The number of hydrogen-bond acceptors (Lipinski definition) is 10. The number of nitrogens with zero attached hydrogens (tertiary/aromatic N) is 7. The van der Waals surface area contributed by atoms with Gasteiger partial charge in [0, 0.05) is 49.9 Å². The van der Waals surface area contributed by atoms with Crippen molar-refractivity contribution in [3.63, 3.8) is 0 Å². The predicted octanol–water partition coefficient (Wildman–Crippen LogP) is 4.31. The number of fused-ring (bicyclic) bond motifs is 1. The Balaban J connectivity index is 1.13. The van der Waals surface area contributed by atoms with Crippen LogP contribution in [0, 0.1) is 0 Å². The summed E-state index contributed by atoms with van der Waals surface area (Å²) in [5.74, 6) is 1.25. The number of aromatic nitrogens is 4. The molecular weight excluding hydrogens is 606 g/mol. The van der Waals surface area contributed by atoms with E-state index in [4.69, 9.17) is 21.3 Å². The molecule has 0 spiro atoms. The van der Waals surface area contributed by atoms with E-state index in [2.05, 4.69) is 42.4 Å². The van der Waals surface area contributed by atoms with Gasteiger partial charge < -0.3 is 30.1 Å². The molecule has 0 radical (unpaired) electrons. The first-order valence-electron chi connectivity index (χ1n) is 15.1. The minimum atomic E-state index is -0.692. The Hall–Kier alpha value is -4.81. The molecule has 5 heterocycles. The van der Waals surface area contributed by atoms with Crippen molar-refractivity contribution < 1.29 is 14.3 Å². The molecule has 238 valence electrons. The molecule has 1 saturated heterocycles. The Labute approximate surface area is 272 Å². The van der Waals surface area contributed by atoms with Gasteiger partial charge in [-0.05, 0) is 50.7 Å². The van der Waals surface area contributed by atoms with Gasteiger partial charge in [-0.2, -0.15) is 0 Å². The Kier molecular flexibility index (Phi) is 9.00. The smallest absolute Gasteiger partial charge is 0.255 e. The Morgan fingerprint density at radius 3 is 2.54 bits per heavy atom. The molecule has 46 heavy (non-hydrogen) atoms. The fourth-order valence-corrected chi connectivity index (χ4v) is 5.76. The van der Waals surface area contributed by atoms with Crippen molar-refractivity contribution in [1.82, 2.24) is 35.1 Å². The van der Waals surface area contributed by atoms with Crippen LogP contribution >= 0.6 is 11.6 Å². The maximum absolute atomic E-state index is 13.6. The van der Waals surface area contributed by atoms with E-state index in [0.29, 0.717) is 45.9 Å². The molecule has 4 aromatic rings. The molecule has 6 rings (SSSR count). The molecule has 2 aliphatic heterocycles. The van der Waals surface area contributed by atoms with Crippen molar-refractivity contribution in [2.45, 2.75) is 32.5 Å². The average Bonchev–Trinajstić information content (AvgIpc) is 3.41. The summed E-state index contributed by atoms with van der Waals surface area (Å²) >= 11 is 6.50. The number of likely N-dealkylation sites (N-methyl/N-ethyl adjacent to an activating group) is 1. The summed E-state index contributed by atoms with van der Waals surface area (Å²) in [5, 5.41) is 6.51. The summed E-state index contributed by atoms with van der Waals surface area (Å²) in [4.78, 5) is 51.0. The fourth-order valence-electron chi connectivity index (χ4n) is 5.56. The minimum Gasteiger partial charge on any atom is -0.481 e. The van der Waals surface area contributed by atoms with E-state index in [-0.39, 0.29) is 17.9 Å². The quantitative estimate of drug-likeness (QED) is 0.273. The molecule has 13 heteroatoms. The van der Waals surface area contributed by atoms with E-state index in [1.54, 1.807) is 43.3 Å². The van der Waals surface area contributed by atoms with E-state index in [1.165, 1.54) is 6.20 Å². The molecule has 2 amide bonds. The Morgan fingerprint density at radius 2 is 1.80 bits per heavy atom. The summed E-state index contributed by atoms with van der Waals surface area (Å²) in [6.07, 6.45) is 3.12. The van der Waals surface area contributed by atoms with Gasteiger partial charge in [0.1, 0.15) is 11.9 Å². The summed E-state index contributed by atoms with van der Waals surface area (Å²) in [6, 6.07) is 13.9. The number of piperazine rings is 1. The highest BCUT2D eigenvalue weighted by Crippen LogP contribution is 2.33. The number of hydrogen-bond donors (Lipinski definition) is 2. The SMILES string of the molecule is COc1ccc(Nc2ncc(Cl)c(-c3ccc4c(c3)C(=O)N(C(C)C(=O)NC(C)c3cccc(N5CCN(C)CC5)n3)C4)n2)cn1. The molecule has 3 aromatic heterocycles. The zero-order valence-electron chi connectivity index (χ0n) is 26.2. The standard InChI is InChI=1S/C33H36ClN9O3/c1-20(27-6-5-7-28(39-27)42-14-12-41(3)13-15-42)37-31(44)21(2)43-19-23-9-8-22(16-25(23)32(43)45)30-26(34)18-36-33(40-30)38-24-10-11-29(46-4)35-17-24/h5-11,16-18,20-21H,12-15,19H2,1-4H3,(H,37,44)(H,36,38,40). The first-order chi connectivity index (χ1) is 22.2. The third-order valence-corrected chi connectivity index (χ3v) is 8.67. The molecule has 2 atom stereocenters. The monoisotopic (exact) mass is 641 g/mol. The van der Waals surface area contributed by atoms with Crippen LogP contribution in [0.5, 0.6) is 5.88 Å². The molecular formula is C33H36ClN9O3. The largest absolute Gasteiger partial charge is 0.481 e. The Bertz CT molecular complexity index is 1750. The molecule has 1 aromatic carbocycles. The third-order valence-electron chi connectivity index (χ3n) is 8.39. The topological polar surface area (TPSA) is 129 Å². The number of amides is 2. The maximum Gasteiger partial charge on any atom is 0.255 e. The number of carbonyl (C=O) groups is 2. The second kappa shape index (κ2) is 13.3. The van der Waals surface area contributed by atoms with E-state index in [1.807, 2.05) is 37.3 Å². The van der Waals surface area contributed by atoms with Crippen molar-refractivity contribution in [2.75, 3.05) is 50.6 Å². The number of benzene rings is 1. The van der Waals surface area contributed by atoms with Gasteiger partial charge in [-0.3, -0.25) is 9.59 Å². The van der Waals surface area contributed by atoms with Crippen molar-refractivity contribution in [3.8, 4) is 17.1 Å². The van der Waals surface area contributed by atoms with Crippen LogP contribution in [0.4, 0.5) is 17.5 Å². The van der Waals surface area contributed by atoms with Crippen LogP contribution in [0.2, 0.25) is 5.02 Å². The third kappa shape index (κ3) is 6.58. The lowest BCUT2D eigenvalue weighted by molar-refractivity contribution is -0.125. The number of ether oxygens (including phenoxy) is 1. The zero-order valence-corrected chi connectivity index (χ0v) is 27.0. The molecule has 0 bridgehead atoms. The molecule has 12 nitrogen and oxygen atoms in total. The number of methoxy groups -OCH3 is 1. The number of anilines is 3. The number of carbonyl (C=O) groups excluding carboxylic acids is 2. The van der Waals surface area contributed by atoms with E-state index in [0.717, 1.165) is 43.3 Å². The lowest BCUT2D eigenvalue weighted by Gasteiger charge is -2.33. The van der Waals surface area contributed by atoms with E-state index >= 15 is 0 Å². The molecule has 1 fully saturated rings. The van der Waals surface area contributed by atoms with Gasteiger partial charge in [0.2, 0.25) is 17.7 Å². The number of rotatable bonds is 9. The highest BCUT2D eigenvalue weighted by Gasteiger charge is 2.35. The maximum atomic E-state index is 13.6. The van der Waals surface area contributed by atoms with Gasteiger partial charge in [0.25, 0.3) is 5.91 Å². The second-order valence-electron chi connectivity index (χ2n) is 11.5. The fraction of sp³-hybridized carbons (Fsp3) is 0.333. The van der Waals surface area contributed by atoms with E-state index < -0.39 is 6.04 Å². The van der Waals surface area contributed by atoms with Crippen LogP contribution in [0.3, 0.4) is 0 Å². The highest BCUT2D eigenvalue weighted by molar-refractivity contribution is 6.33. The lowest BCUT2D eigenvalue weighted by Crippen LogP contribution is -2.46. The van der Waals surface area contributed by atoms with Crippen LogP contribution in [0.25, 0.3) is 11.3 Å². The summed E-state index contributed by atoms with van der Waals surface area (Å²) in [7, 11) is 3.67. The Morgan fingerprint density at radius 1 is 1.00 bits per heavy atom. The van der Waals surface area contributed by atoms with Gasteiger partial charge in [-0.25, -0.2) is 19.9 Å². The average molecular weight is 642 g/mol. The molecule has 2 unspecified atom stereocenters. The highest BCUT2D eigenvalue weighted by atomic mass is 35.5. The lowest BCUT2D eigenvalue weighted by atomic mass is 10.0. The number of nitrogens with one attached hydrogen (secondary N) is 2. The molecule has 2 N–H and O–H groups in total. The van der Waals surface area contributed by atoms with Crippen molar-refractivity contribution in [3.05, 3.63) is 82.8 Å². The summed E-state index contributed by atoms with van der Waals surface area (Å²) in [6.45, 7) is 7.76. The van der Waals surface area contributed by atoms with Gasteiger partial charge in [0.15, 0.2) is 0 Å². The van der Waals surface area contributed by atoms with Crippen LogP contribution in [0.15, 0.2) is 60.9 Å². The van der Waals surface area contributed by atoms with Crippen molar-refractivity contribution in [2.24, 2.45) is 0 Å². The molecule has 0 aliphatic carbocycles. The first-order valence-corrected chi connectivity index (χ1v) is 15.5. The van der Waals surface area contributed by atoms with Crippen LogP contribution in [0.1, 0.15) is 41.5 Å². The van der Waals surface area contributed by atoms with Gasteiger partial charge in [0.05, 0.1) is 47.6 Å². The van der Waals surface area contributed by atoms with Crippen molar-refractivity contribution >= 4 is 40.9 Å². The normalized spacial score (nSPS) is 16.2. The van der Waals surface area contributed by atoms with Gasteiger partial charge in [-0.15, -0.1) is 0 Å². The van der Waals surface area contributed by atoms with Gasteiger partial charge in [-0.1, -0.05) is 29.8 Å². The molecule has 2 aliphatic rings. The van der Waals surface area contributed by atoms with Crippen LogP contribution in [-0.2, 0) is 11.3 Å². The first kappa shape index (κ1) is 31.2. The van der Waals surface area contributed by atoms with Gasteiger partial charge >= 0.3 is 0 Å². The van der Waals surface area contributed by atoms with Crippen LogP contribution < -0.4 is 20.3 Å². The number of halogens is 1. The zero-order chi connectivity index (χ0) is 32.4. The number of pyridine rings is 2. The van der Waals surface area contributed by atoms with E-state index in [9.17, 15) is 9.59 Å². The van der Waals surface area contributed by atoms with Crippen molar-refractivity contribution in [1.29, 1.82) is 0 Å². The van der Waals surface area contributed by atoms with Crippen LogP contribution in [-0.4, -0.2) is 87.9 Å². The summed E-state index contributed by atoms with van der Waals surface area (Å²) in [5.41, 5.74) is 3.92. The second-order valence-corrected chi connectivity index (χ2v) is 11.9. The summed E-state index contributed by atoms with van der Waals surface area (Å²) < 4.78 is 5.11. The minimum absolute atomic E-state index is 0.227.